The molecule has 0 saturated carbocycles. The average Bonchev–Trinajstić information content (AvgIpc) is 2.92. The van der Waals surface area contributed by atoms with Gasteiger partial charge in [0.05, 0.1) is 7.11 Å². The molecule has 1 aromatic rings. The minimum atomic E-state index is -1.53. The maximum Gasteiger partial charge on any atom is 0.394 e. The summed E-state index contributed by atoms with van der Waals surface area (Å²) in [7, 11) is 1.51. The van der Waals surface area contributed by atoms with Crippen LogP contribution < -0.4 is 10.1 Å². The molecule has 0 aliphatic carbocycles. The molecule has 1 aliphatic heterocycles. The molecule has 98 valence electrons. The van der Waals surface area contributed by atoms with E-state index >= 15 is 0 Å². The van der Waals surface area contributed by atoms with Gasteiger partial charge >= 0.3 is 11.9 Å². The second-order valence-corrected chi connectivity index (χ2v) is 3.86. The van der Waals surface area contributed by atoms with Gasteiger partial charge in [0.25, 0.3) is 0 Å². The van der Waals surface area contributed by atoms with Gasteiger partial charge in [0.1, 0.15) is 5.75 Å². The van der Waals surface area contributed by atoms with Crippen molar-refractivity contribution in [1.82, 2.24) is 0 Å². The summed E-state index contributed by atoms with van der Waals surface area (Å²) in [6.07, 6.45) is 4.25. The first kappa shape index (κ1) is 12.8. The van der Waals surface area contributed by atoms with E-state index in [0.29, 0.717) is 11.4 Å². The van der Waals surface area contributed by atoms with Crippen LogP contribution in [0.4, 0.5) is 5.69 Å². The summed E-state index contributed by atoms with van der Waals surface area (Å²) in [6.45, 7) is 0. The summed E-state index contributed by atoms with van der Waals surface area (Å²) in [5, 5.41) is 10.8. The van der Waals surface area contributed by atoms with Gasteiger partial charge < -0.3 is 15.2 Å². The Morgan fingerprint density at radius 3 is 2.79 bits per heavy atom. The number of benzene rings is 1. The minimum Gasteiger partial charge on any atom is -0.496 e. The van der Waals surface area contributed by atoms with Gasteiger partial charge in [-0.25, -0.2) is 4.79 Å². The van der Waals surface area contributed by atoms with Crippen LogP contribution in [0.2, 0.25) is 0 Å². The van der Waals surface area contributed by atoms with Crippen LogP contribution in [0.15, 0.2) is 29.4 Å². The van der Waals surface area contributed by atoms with Crippen molar-refractivity contribution in [3.63, 3.8) is 0 Å². The van der Waals surface area contributed by atoms with Crippen molar-refractivity contribution in [2.45, 2.75) is 6.42 Å². The van der Waals surface area contributed by atoms with Gasteiger partial charge in [-0.05, 0) is 17.7 Å². The number of methoxy groups -OCH3 is 1. The monoisotopic (exact) mass is 260 g/mol. The number of carboxylic acids is 1. The van der Waals surface area contributed by atoms with Crippen LogP contribution in [0.5, 0.6) is 5.75 Å². The number of nitrogens with one attached hydrogen (secondary N) is 1. The van der Waals surface area contributed by atoms with Gasteiger partial charge in [0.2, 0.25) is 0 Å². The zero-order chi connectivity index (χ0) is 13.8. The Balaban J connectivity index is 2.26. The van der Waals surface area contributed by atoms with E-state index in [-0.39, 0.29) is 0 Å². The number of hydrogen-bond donors (Lipinski definition) is 2. The van der Waals surface area contributed by atoms with Crippen molar-refractivity contribution in [1.29, 1.82) is 0 Å². The van der Waals surface area contributed by atoms with Crippen LogP contribution >= 0.6 is 0 Å². The molecule has 0 saturated heterocycles. The third-order valence-corrected chi connectivity index (χ3v) is 2.65. The highest BCUT2D eigenvalue weighted by molar-refractivity contribution is 6.36. The van der Waals surface area contributed by atoms with Gasteiger partial charge in [-0.3, -0.25) is 9.79 Å². The fourth-order valence-corrected chi connectivity index (χ4v) is 1.74. The lowest BCUT2D eigenvalue weighted by molar-refractivity contribution is -0.147. The highest BCUT2D eigenvalue weighted by Crippen LogP contribution is 2.32. The van der Waals surface area contributed by atoms with Gasteiger partial charge in [-0.1, -0.05) is 0 Å². The highest BCUT2D eigenvalue weighted by atomic mass is 16.5. The molecular formula is C13H12N2O4. The summed E-state index contributed by atoms with van der Waals surface area (Å²) in [5.74, 6) is -2.06. The molecule has 1 heterocycles. The normalized spacial score (nSPS) is 13.0. The molecule has 0 bridgehead atoms. The van der Waals surface area contributed by atoms with E-state index in [1.807, 2.05) is 0 Å². The lowest BCUT2D eigenvalue weighted by Crippen LogP contribution is -2.21. The molecule has 0 fully saturated rings. The molecule has 1 amide bonds. The molecule has 0 radical (unpaired) electrons. The molecule has 0 atom stereocenters. The second-order valence-electron chi connectivity index (χ2n) is 3.86. The highest BCUT2D eigenvalue weighted by Gasteiger charge is 2.14. The fourth-order valence-electron chi connectivity index (χ4n) is 1.74. The number of amides is 1. The Kier molecular flexibility index (Phi) is 3.61. The van der Waals surface area contributed by atoms with Crippen molar-refractivity contribution in [2.75, 3.05) is 12.4 Å². The van der Waals surface area contributed by atoms with Gasteiger partial charge in [-0.15, -0.1) is 0 Å². The Hall–Kier alpha value is -2.63. The number of ether oxygens (including phenoxy) is 1. The number of hydrogen-bond acceptors (Lipinski definition) is 4. The van der Waals surface area contributed by atoms with Crippen molar-refractivity contribution >= 4 is 29.4 Å². The van der Waals surface area contributed by atoms with Crippen molar-refractivity contribution in [3.8, 4) is 5.75 Å². The Morgan fingerprint density at radius 2 is 2.21 bits per heavy atom. The van der Waals surface area contributed by atoms with Gasteiger partial charge in [0.15, 0.2) is 0 Å². The number of aliphatic imine (C=N–C) groups is 1. The molecule has 1 aliphatic rings. The first-order valence-corrected chi connectivity index (χ1v) is 5.55. The van der Waals surface area contributed by atoms with Crippen LogP contribution in [0.3, 0.4) is 0 Å². The van der Waals surface area contributed by atoms with Gasteiger partial charge in [0, 0.05) is 36.2 Å². The quantitative estimate of drug-likeness (QED) is 0.807. The smallest absolute Gasteiger partial charge is 0.394 e. The van der Waals surface area contributed by atoms with E-state index in [4.69, 9.17) is 9.84 Å². The SMILES string of the molecule is COc1cc(NC(=O)C(=O)O)ccc1C1=CN=CC1. The average molecular weight is 260 g/mol. The molecule has 0 aromatic heterocycles. The maximum absolute atomic E-state index is 11.1. The van der Waals surface area contributed by atoms with E-state index in [9.17, 15) is 9.59 Å². The van der Waals surface area contributed by atoms with Crippen LogP contribution in [0.1, 0.15) is 12.0 Å². The first-order chi connectivity index (χ1) is 9.11. The third-order valence-electron chi connectivity index (χ3n) is 2.65. The van der Waals surface area contributed by atoms with E-state index < -0.39 is 11.9 Å². The van der Waals surface area contributed by atoms with Crippen LogP contribution in [-0.4, -0.2) is 30.3 Å². The number of rotatable bonds is 3. The molecule has 19 heavy (non-hydrogen) atoms. The molecule has 0 unspecified atom stereocenters. The minimum absolute atomic E-state index is 0.368. The molecule has 2 N–H and O–H groups in total. The Labute approximate surface area is 109 Å². The Bertz CT molecular complexity index is 590. The molecule has 1 aromatic carbocycles. The number of nitrogens with zero attached hydrogens (tertiary/aromatic N) is 1. The number of anilines is 1. The largest absolute Gasteiger partial charge is 0.496 e. The number of carbonyl (C=O) groups is 2. The summed E-state index contributed by atoms with van der Waals surface area (Å²) in [4.78, 5) is 25.6. The second kappa shape index (κ2) is 5.34. The number of aliphatic carboxylic acids is 1. The summed E-state index contributed by atoms with van der Waals surface area (Å²) in [6, 6.07) is 4.96. The predicted octanol–water partition coefficient (Wildman–Crippen LogP) is 1.53. The van der Waals surface area contributed by atoms with E-state index in [1.165, 1.54) is 7.11 Å². The number of carboxylic acid groups (broad SMARTS) is 1. The zero-order valence-electron chi connectivity index (χ0n) is 10.2. The lowest BCUT2D eigenvalue weighted by atomic mass is 10.0. The van der Waals surface area contributed by atoms with Crippen LogP contribution in [0, 0.1) is 0 Å². The number of carbonyl (C=O) groups excluding carboxylic acids is 1. The molecule has 2 rings (SSSR count). The summed E-state index contributed by atoms with van der Waals surface area (Å²) >= 11 is 0. The first-order valence-electron chi connectivity index (χ1n) is 5.55. The van der Waals surface area contributed by atoms with Gasteiger partial charge in [-0.2, -0.15) is 0 Å². The van der Waals surface area contributed by atoms with E-state index in [0.717, 1.165) is 17.6 Å². The molecular weight excluding hydrogens is 248 g/mol. The van der Waals surface area contributed by atoms with E-state index in [1.54, 1.807) is 30.6 Å². The van der Waals surface area contributed by atoms with Crippen LogP contribution in [-0.2, 0) is 9.59 Å². The van der Waals surface area contributed by atoms with Crippen LogP contribution in [0.25, 0.3) is 5.57 Å². The van der Waals surface area contributed by atoms with Crippen molar-refractivity contribution in [3.05, 3.63) is 30.0 Å². The maximum atomic E-state index is 11.1. The summed E-state index contributed by atoms with van der Waals surface area (Å²) in [5.41, 5.74) is 2.24. The third kappa shape index (κ3) is 2.79. The lowest BCUT2D eigenvalue weighted by Gasteiger charge is -2.11. The fraction of sp³-hybridized carbons (Fsp3) is 0.154. The van der Waals surface area contributed by atoms with Crippen molar-refractivity contribution in [2.24, 2.45) is 4.99 Å². The summed E-state index contributed by atoms with van der Waals surface area (Å²) < 4.78 is 5.25. The standard InChI is InChI=1S/C13H12N2O4/c1-19-11-6-9(15-12(16)13(17)18)2-3-10(11)8-4-5-14-7-8/h2-3,5-7H,4H2,1H3,(H,15,16)(H,17,18). The topological polar surface area (TPSA) is 88.0 Å². The van der Waals surface area contributed by atoms with E-state index in [2.05, 4.69) is 10.3 Å². The number of allylic oxidation sites excluding steroid dienone is 1. The molecule has 6 nitrogen and oxygen atoms in total. The molecule has 6 heteroatoms. The molecule has 0 spiro atoms. The predicted molar refractivity (Wildman–Crippen MR) is 70.3 cm³/mol. The Morgan fingerprint density at radius 1 is 1.42 bits per heavy atom. The van der Waals surface area contributed by atoms with Crippen molar-refractivity contribution < 1.29 is 19.4 Å². The zero-order valence-corrected chi connectivity index (χ0v) is 10.2.